The minimum Gasteiger partial charge on any atom is -0.386 e. The number of carbonyl (C=O) groups is 1. The average molecular weight is 469 g/mol. The molecule has 2 aliphatic rings. The summed E-state index contributed by atoms with van der Waals surface area (Å²) in [5, 5.41) is 19.2. The molecule has 0 radical (unpaired) electrons. The second-order valence-corrected chi connectivity index (χ2v) is 10.3. The quantitative estimate of drug-likeness (QED) is 0.478. The van der Waals surface area contributed by atoms with E-state index in [1.54, 1.807) is 40.2 Å². The maximum atomic E-state index is 12.9. The molecule has 1 atom stereocenters. The van der Waals surface area contributed by atoms with Gasteiger partial charge in [0, 0.05) is 17.0 Å². The molecule has 1 saturated heterocycles. The first-order valence-corrected chi connectivity index (χ1v) is 11.7. The predicted molar refractivity (Wildman–Crippen MR) is 124 cm³/mol. The highest BCUT2D eigenvalue weighted by Crippen LogP contribution is 2.42. The van der Waals surface area contributed by atoms with E-state index in [9.17, 15) is 9.90 Å². The molecule has 32 heavy (non-hydrogen) atoms. The van der Waals surface area contributed by atoms with E-state index < -0.39 is 5.60 Å². The highest BCUT2D eigenvalue weighted by Gasteiger charge is 2.42. The zero-order chi connectivity index (χ0) is 22.0. The van der Waals surface area contributed by atoms with Gasteiger partial charge in [-0.05, 0) is 43.9 Å². The Kier molecular flexibility index (Phi) is 4.43. The summed E-state index contributed by atoms with van der Waals surface area (Å²) >= 11 is 8.23. The van der Waals surface area contributed by atoms with Crippen LogP contribution >= 0.6 is 22.9 Å². The molecule has 1 amide bonds. The highest BCUT2D eigenvalue weighted by atomic mass is 35.5. The molecular weight excluding hydrogens is 448 g/mol. The lowest BCUT2D eigenvalue weighted by Gasteiger charge is -2.45. The van der Waals surface area contributed by atoms with Crippen LogP contribution in [0, 0.1) is 5.92 Å². The van der Waals surface area contributed by atoms with Crippen LogP contribution in [0.15, 0.2) is 30.9 Å². The number of pyridine rings is 1. The number of aryl methyl sites for hydroxylation is 1. The number of fused-ring (bicyclic) bond motifs is 4. The smallest absolute Gasteiger partial charge is 0.226 e. The maximum absolute atomic E-state index is 12.9. The van der Waals surface area contributed by atoms with Gasteiger partial charge in [0.1, 0.15) is 17.0 Å². The normalized spacial score (nSPS) is 19.7. The van der Waals surface area contributed by atoms with Crippen molar-refractivity contribution in [2.75, 3.05) is 18.4 Å². The molecule has 164 valence electrons. The van der Waals surface area contributed by atoms with Crippen molar-refractivity contribution in [2.45, 2.75) is 31.8 Å². The van der Waals surface area contributed by atoms with Gasteiger partial charge >= 0.3 is 0 Å². The van der Waals surface area contributed by atoms with E-state index in [0.717, 1.165) is 40.1 Å². The van der Waals surface area contributed by atoms with E-state index in [1.807, 2.05) is 18.3 Å². The molecule has 5 heterocycles. The summed E-state index contributed by atoms with van der Waals surface area (Å²) in [7, 11) is 0. The highest BCUT2D eigenvalue weighted by molar-refractivity contribution is 7.19. The van der Waals surface area contributed by atoms with Crippen LogP contribution in [-0.2, 0) is 17.6 Å². The van der Waals surface area contributed by atoms with Gasteiger partial charge < -0.3 is 15.3 Å². The number of nitrogens with zero attached hydrogens (tertiary/aromatic N) is 5. The number of aliphatic hydroxyl groups is 1. The van der Waals surface area contributed by atoms with Crippen molar-refractivity contribution in [3.05, 3.63) is 46.3 Å². The second-order valence-electron chi connectivity index (χ2n) is 8.87. The van der Waals surface area contributed by atoms with Crippen molar-refractivity contribution < 1.29 is 9.90 Å². The summed E-state index contributed by atoms with van der Waals surface area (Å²) in [6.45, 7) is 2.61. The van der Waals surface area contributed by atoms with Gasteiger partial charge in [0.25, 0.3) is 0 Å². The summed E-state index contributed by atoms with van der Waals surface area (Å²) in [5.74, 6) is 0.821. The Hall–Kier alpha value is -2.75. The molecule has 1 aliphatic heterocycles. The third-order valence-corrected chi connectivity index (χ3v) is 7.90. The Bertz CT molecular complexity index is 1370. The minimum atomic E-state index is -0.746. The maximum Gasteiger partial charge on any atom is 0.226 e. The van der Waals surface area contributed by atoms with Crippen molar-refractivity contribution in [3.63, 3.8) is 0 Å². The van der Waals surface area contributed by atoms with Crippen LogP contribution in [0.2, 0.25) is 5.02 Å². The van der Waals surface area contributed by atoms with Gasteiger partial charge in [-0.2, -0.15) is 5.10 Å². The molecule has 4 aromatic heterocycles. The first-order chi connectivity index (χ1) is 15.4. The molecule has 2 N–H and O–H groups in total. The molecule has 0 saturated carbocycles. The van der Waals surface area contributed by atoms with Crippen LogP contribution in [0.1, 0.15) is 23.8 Å². The molecule has 0 aromatic carbocycles. The Balaban J connectivity index is 1.31. The van der Waals surface area contributed by atoms with Gasteiger partial charge in [0.15, 0.2) is 0 Å². The van der Waals surface area contributed by atoms with Gasteiger partial charge in [-0.3, -0.25) is 4.79 Å². The van der Waals surface area contributed by atoms with Crippen LogP contribution in [0.5, 0.6) is 0 Å². The fourth-order valence-corrected chi connectivity index (χ4v) is 6.32. The van der Waals surface area contributed by atoms with Crippen molar-refractivity contribution in [2.24, 2.45) is 5.92 Å². The summed E-state index contributed by atoms with van der Waals surface area (Å²) in [4.78, 5) is 25.8. The van der Waals surface area contributed by atoms with Gasteiger partial charge in [-0.25, -0.2) is 14.5 Å². The number of β-amino-alcohol motifs (C(OH)–C–C–N with tert-alkyl or cyclic N) is 1. The lowest BCUT2D eigenvalue weighted by Crippen LogP contribution is -2.63. The van der Waals surface area contributed by atoms with Gasteiger partial charge in [-0.1, -0.05) is 11.6 Å². The standard InChI is InChI=1S/C22H21ClN6O2S/c1-22(31)9-28(10-22)21(30)12-2-3-13-16(8-12)32-20-17(13)19(24-11-25-20)27-14-5-7-29-15(18(14)23)4-6-26-29/h4-7,11-12,31H,2-3,8-10H2,1H3,(H,24,25,27)/t12-/m0/s1. The van der Waals surface area contributed by atoms with Crippen LogP contribution < -0.4 is 5.32 Å². The molecule has 0 spiro atoms. The number of amides is 1. The second kappa shape index (κ2) is 7.13. The van der Waals surface area contributed by atoms with Crippen molar-refractivity contribution in [1.29, 1.82) is 0 Å². The molecular formula is C22H21ClN6O2S. The summed E-state index contributed by atoms with van der Waals surface area (Å²) in [6.07, 6.45) is 7.41. The zero-order valence-electron chi connectivity index (χ0n) is 17.4. The Morgan fingerprint density at radius 3 is 3.00 bits per heavy atom. The molecule has 6 rings (SSSR count). The van der Waals surface area contributed by atoms with E-state index in [4.69, 9.17) is 11.6 Å². The van der Waals surface area contributed by atoms with Gasteiger partial charge in [-0.15, -0.1) is 11.3 Å². The van der Waals surface area contributed by atoms with Gasteiger partial charge in [0.05, 0.1) is 46.5 Å². The van der Waals surface area contributed by atoms with Crippen molar-refractivity contribution in [3.8, 4) is 0 Å². The third-order valence-electron chi connectivity index (χ3n) is 6.34. The van der Waals surface area contributed by atoms with Crippen LogP contribution in [0.4, 0.5) is 11.5 Å². The molecule has 1 fully saturated rings. The minimum absolute atomic E-state index is 0.0465. The molecule has 0 unspecified atom stereocenters. The number of carbonyl (C=O) groups excluding carboxylic acids is 1. The fourth-order valence-electron chi connectivity index (χ4n) is 4.79. The van der Waals surface area contributed by atoms with Crippen LogP contribution in [0.3, 0.4) is 0 Å². The van der Waals surface area contributed by atoms with Crippen LogP contribution in [0.25, 0.3) is 15.7 Å². The predicted octanol–water partition coefficient (Wildman–Crippen LogP) is 3.43. The lowest BCUT2D eigenvalue weighted by molar-refractivity contribution is -0.156. The molecule has 10 heteroatoms. The Labute approximate surface area is 192 Å². The van der Waals surface area contributed by atoms with Crippen molar-refractivity contribution in [1.82, 2.24) is 24.5 Å². The molecule has 0 bridgehead atoms. The lowest BCUT2D eigenvalue weighted by atomic mass is 9.85. The number of hydrogen-bond acceptors (Lipinski definition) is 7. The number of anilines is 2. The number of thiophene rings is 1. The van der Waals surface area contributed by atoms with E-state index in [0.29, 0.717) is 24.5 Å². The largest absolute Gasteiger partial charge is 0.386 e. The van der Waals surface area contributed by atoms with E-state index in [2.05, 4.69) is 20.4 Å². The molecule has 8 nitrogen and oxygen atoms in total. The third kappa shape index (κ3) is 3.15. The fraction of sp³-hybridized carbons (Fsp3) is 0.364. The number of rotatable bonds is 3. The number of aromatic nitrogens is 4. The van der Waals surface area contributed by atoms with E-state index >= 15 is 0 Å². The first kappa shape index (κ1) is 19.9. The summed E-state index contributed by atoms with van der Waals surface area (Å²) in [5.41, 5.74) is 2.05. The number of hydrogen-bond donors (Lipinski definition) is 2. The number of likely N-dealkylation sites (tertiary alicyclic amines) is 1. The average Bonchev–Trinajstić information content (AvgIpc) is 3.38. The van der Waals surface area contributed by atoms with E-state index in [1.165, 1.54) is 10.4 Å². The topological polar surface area (TPSA) is 95.6 Å². The zero-order valence-corrected chi connectivity index (χ0v) is 18.9. The monoisotopic (exact) mass is 468 g/mol. The number of halogens is 1. The summed E-state index contributed by atoms with van der Waals surface area (Å²) in [6, 6.07) is 3.75. The molecule has 1 aliphatic carbocycles. The Morgan fingerprint density at radius 2 is 2.19 bits per heavy atom. The summed E-state index contributed by atoms with van der Waals surface area (Å²) < 4.78 is 1.73. The molecule has 4 aromatic rings. The van der Waals surface area contributed by atoms with E-state index in [-0.39, 0.29) is 11.8 Å². The van der Waals surface area contributed by atoms with Crippen molar-refractivity contribution >= 4 is 56.1 Å². The van der Waals surface area contributed by atoms with Crippen LogP contribution in [-0.4, -0.2) is 54.2 Å². The van der Waals surface area contributed by atoms with Gasteiger partial charge in [0.2, 0.25) is 5.91 Å². The first-order valence-electron chi connectivity index (χ1n) is 10.5. The SMILES string of the molecule is CC1(O)CN(C(=O)[C@H]2CCc3c(sc4ncnc(Nc5ccn6nccc6c5Cl)c34)C2)C1. The Morgan fingerprint density at radius 1 is 1.34 bits per heavy atom. The number of nitrogens with one attached hydrogen (secondary N) is 1.